The highest BCUT2D eigenvalue weighted by Gasteiger charge is 2.37. The molecule has 0 bridgehead atoms. The summed E-state index contributed by atoms with van der Waals surface area (Å²) in [5, 5.41) is 0. The largest absolute Gasteiger partial charge is 0.430 e. The molecule has 0 N–H and O–H groups in total. The lowest BCUT2D eigenvalue weighted by Gasteiger charge is -2.29. The first kappa shape index (κ1) is 20.7. The molecule has 3 aromatic rings. The summed E-state index contributed by atoms with van der Waals surface area (Å²) in [4.78, 5) is 1.43. The van der Waals surface area contributed by atoms with Crippen LogP contribution in [0.1, 0.15) is 23.1 Å². The monoisotopic (exact) mass is 395 g/mol. The summed E-state index contributed by atoms with van der Waals surface area (Å²) in [6.45, 7) is 0.402. The van der Waals surface area contributed by atoms with Crippen LogP contribution in [-0.4, -0.2) is 11.1 Å². The van der Waals surface area contributed by atoms with E-state index in [1.54, 1.807) is 0 Å². The second kappa shape index (κ2) is 9.97. The molecular formula is C25H24F3N. The van der Waals surface area contributed by atoms with Crippen LogP contribution in [0.5, 0.6) is 0 Å². The molecule has 0 fully saturated rings. The molecule has 3 aromatic carbocycles. The maximum Gasteiger partial charge on any atom is 0.430 e. The standard InChI is InChI=1S/C25H24F3N/c26-25(27,28)24(18-10-17-21-11-4-1-5-12-21)29(19-22-13-6-2-7-14-22)20-23-15-8-3-9-16-23/h1-9,11-16,18H,10,17,19-20H2/b24-18+. The molecule has 0 aliphatic carbocycles. The van der Waals surface area contributed by atoms with Crippen LogP contribution in [0.3, 0.4) is 0 Å². The van der Waals surface area contributed by atoms with Gasteiger partial charge in [0.05, 0.1) is 0 Å². The molecule has 0 amide bonds. The molecule has 150 valence electrons. The van der Waals surface area contributed by atoms with Crippen LogP contribution in [0.2, 0.25) is 0 Å². The maximum absolute atomic E-state index is 14.0. The minimum Gasteiger partial charge on any atom is -0.359 e. The van der Waals surface area contributed by atoms with E-state index in [1.807, 2.05) is 91.0 Å². The van der Waals surface area contributed by atoms with Gasteiger partial charge in [0.2, 0.25) is 0 Å². The Labute approximate surface area is 170 Å². The van der Waals surface area contributed by atoms with E-state index in [2.05, 4.69) is 0 Å². The van der Waals surface area contributed by atoms with Gasteiger partial charge in [-0.3, -0.25) is 0 Å². The highest BCUT2D eigenvalue weighted by atomic mass is 19.4. The Kier molecular flexibility index (Phi) is 7.12. The Hall–Kier alpha value is -3.01. The van der Waals surface area contributed by atoms with Crippen molar-refractivity contribution < 1.29 is 13.2 Å². The van der Waals surface area contributed by atoms with E-state index in [4.69, 9.17) is 0 Å². The first-order valence-corrected chi connectivity index (χ1v) is 9.66. The molecule has 0 spiro atoms. The SMILES string of the molecule is FC(F)(F)/C(=C\CCc1ccccc1)N(Cc1ccccc1)Cc1ccccc1. The van der Waals surface area contributed by atoms with Crippen LogP contribution in [-0.2, 0) is 19.5 Å². The zero-order valence-electron chi connectivity index (χ0n) is 16.1. The van der Waals surface area contributed by atoms with Gasteiger partial charge >= 0.3 is 6.18 Å². The van der Waals surface area contributed by atoms with E-state index >= 15 is 0 Å². The van der Waals surface area contributed by atoms with Crippen molar-refractivity contribution in [3.63, 3.8) is 0 Å². The molecule has 3 rings (SSSR count). The lowest BCUT2D eigenvalue weighted by atomic mass is 10.1. The molecule has 0 atom stereocenters. The Morgan fingerprint density at radius 1 is 0.655 bits per heavy atom. The number of hydrogen-bond acceptors (Lipinski definition) is 1. The van der Waals surface area contributed by atoms with Gasteiger partial charge in [-0.15, -0.1) is 0 Å². The summed E-state index contributed by atoms with van der Waals surface area (Å²) in [5.74, 6) is 0. The van der Waals surface area contributed by atoms with Crippen molar-refractivity contribution in [1.82, 2.24) is 4.90 Å². The average molecular weight is 395 g/mol. The van der Waals surface area contributed by atoms with Gasteiger partial charge < -0.3 is 4.90 Å². The highest BCUT2D eigenvalue weighted by molar-refractivity contribution is 5.22. The van der Waals surface area contributed by atoms with Crippen LogP contribution < -0.4 is 0 Å². The molecule has 4 heteroatoms. The Bertz CT molecular complexity index is 846. The van der Waals surface area contributed by atoms with Crippen molar-refractivity contribution in [3.05, 3.63) is 119 Å². The van der Waals surface area contributed by atoms with Crippen molar-refractivity contribution in [2.75, 3.05) is 0 Å². The van der Waals surface area contributed by atoms with Gasteiger partial charge in [-0.05, 0) is 29.5 Å². The van der Waals surface area contributed by atoms with Crippen molar-refractivity contribution in [3.8, 4) is 0 Å². The summed E-state index contributed by atoms with van der Waals surface area (Å²) >= 11 is 0. The molecule has 29 heavy (non-hydrogen) atoms. The molecule has 0 aliphatic heterocycles. The average Bonchev–Trinajstić information content (AvgIpc) is 2.72. The number of nitrogens with zero attached hydrogens (tertiary/aromatic N) is 1. The van der Waals surface area contributed by atoms with E-state index < -0.39 is 11.9 Å². The second-order valence-electron chi connectivity index (χ2n) is 6.94. The lowest BCUT2D eigenvalue weighted by Crippen LogP contribution is -2.31. The zero-order chi connectivity index (χ0) is 20.5. The zero-order valence-corrected chi connectivity index (χ0v) is 16.1. The minimum absolute atomic E-state index is 0.201. The van der Waals surface area contributed by atoms with E-state index in [-0.39, 0.29) is 13.1 Å². The third-order valence-electron chi connectivity index (χ3n) is 4.68. The predicted molar refractivity (Wildman–Crippen MR) is 111 cm³/mol. The summed E-state index contributed by atoms with van der Waals surface area (Å²) in [7, 11) is 0. The number of benzene rings is 3. The molecule has 0 saturated heterocycles. The van der Waals surface area contributed by atoms with E-state index in [0.717, 1.165) is 16.7 Å². The first-order chi connectivity index (χ1) is 14.0. The summed E-state index contributed by atoms with van der Waals surface area (Å²) in [6, 6.07) is 28.1. The molecule has 0 radical (unpaired) electrons. The number of allylic oxidation sites excluding steroid dienone is 2. The van der Waals surface area contributed by atoms with E-state index in [0.29, 0.717) is 12.8 Å². The molecule has 0 aromatic heterocycles. The van der Waals surface area contributed by atoms with Gasteiger partial charge in [0.25, 0.3) is 0 Å². The normalized spacial score (nSPS) is 12.0. The van der Waals surface area contributed by atoms with Crippen molar-refractivity contribution in [2.45, 2.75) is 32.1 Å². The smallest absolute Gasteiger partial charge is 0.359 e. The summed E-state index contributed by atoms with van der Waals surface area (Å²) < 4.78 is 42.0. The van der Waals surface area contributed by atoms with Crippen LogP contribution in [0.4, 0.5) is 13.2 Å². The second-order valence-corrected chi connectivity index (χ2v) is 6.94. The quantitative estimate of drug-likeness (QED) is 0.407. The topological polar surface area (TPSA) is 3.24 Å². The highest BCUT2D eigenvalue weighted by Crippen LogP contribution is 2.31. The van der Waals surface area contributed by atoms with Crippen molar-refractivity contribution >= 4 is 0 Å². The Morgan fingerprint density at radius 3 is 1.48 bits per heavy atom. The van der Waals surface area contributed by atoms with Gasteiger partial charge in [0.15, 0.2) is 0 Å². The van der Waals surface area contributed by atoms with Gasteiger partial charge in [0.1, 0.15) is 5.70 Å². The maximum atomic E-state index is 14.0. The molecule has 0 unspecified atom stereocenters. The molecule has 0 aliphatic rings. The first-order valence-electron chi connectivity index (χ1n) is 9.66. The molecular weight excluding hydrogens is 371 g/mol. The Morgan fingerprint density at radius 2 is 1.07 bits per heavy atom. The Balaban J connectivity index is 1.85. The van der Waals surface area contributed by atoms with Gasteiger partial charge in [0, 0.05) is 13.1 Å². The van der Waals surface area contributed by atoms with Crippen LogP contribution in [0.25, 0.3) is 0 Å². The predicted octanol–water partition coefficient (Wildman–Crippen LogP) is 6.77. The number of alkyl halides is 3. The third kappa shape index (κ3) is 6.53. The van der Waals surface area contributed by atoms with Crippen molar-refractivity contribution in [2.24, 2.45) is 0 Å². The van der Waals surface area contributed by atoms with Gasteiger partial charge in [-0.2, -0.15) is 13.2 Å². The van der Waals surface area contributed by atoms with Crippen LogP contribution in [0.15, 0.2) is 103 Å². The van der Waals surface area contributed by atoms with Gasteiger partial charge in [-0.25, -0.2) is 0 Å². The number of rotatable bonds is 8. The van der Waals surface area contributed by atoms with Crippen LogP contribution in [0, 0.1) is 0 Å². The van der Waals surface area contributed by atoms with Crippen LogP contribution >= 0.6 is 0 Å². The minimum atomic E-state index is -4.42. The third-order valence-corrected chi connectivity index (χ3v) is 4.68. The van der Waals surface area contributed by atoms with Crippen molar-refractivity contribution in [1.29, 1.82) is 0 Å². The van der Waals surface area contributed by atoms with E-state index in [1.165, 1.54) is 11.0 Å². The van der Waals surface area contributed by atoms with E-state index in [9.17, 15) is 13.2 Å². The molecule has 0 saturated carbocycles. The summed E-state index contributed by atoms with van der Waals surface area (Å²) in [6.07, 6.45) is -2.18. The lowest BCUT2D eigenvalue weighted by molar-refractivity contribution is -0.113. The molecule has 0 heterocycles. The fourth-order valence-electron chi connectivity index (χ4n) is 3.28. The number of halogens is 3. The fourth-order valence-corrected chi connectivity index (χ4v) is 3.28. The van der Waals surface area contributed by atoms with Gasteiger partial charge in [-0.1, -0.05) is 97.1 Å². The molecule has 1 nitrogen and oxygen atoms in total. The number of aryl methyl sites for hydroxylation is 1. The summed E-state index contributed by atoms with van der Waals surface area (Å²) in [5.41, 5.74) is 2.15. The number of hydrogen-bond donors (Lipinski definition) is 0. The fraction of sp³-hybridized carbons (Fsp3) is 0.200.